The van der Waals surface area contributed by atoms with Gasteiger partial charge in [-0.1, -0.05) is 12.1 Å². The molecule has 6 nitrogen and oxygen atoms in total. The second-order valence-corrected chi connectivity index (χ2v) is 3.54. The molecule has 0 saturated heterocycles. The van der Waals surface area contributed by atoms with Crippen LogP contribution in [0.2, 0.25) is 0 Å². The van der Waals surface area contributed by atoms with Gasteiger partial charge in [0.2, 0.25) is 5.91 Å². The van der Waals surface area contributed by atoms with E-state index >= 15 is 0 Å². The summed E-state index contributed by atoms with van der Waals surface area (Å²) >= 11 is 0. The first-order valence-corrected chi connectivity index (χ1v) is 5.27. The predicted molar refractivity (Wildman–Crippen MR) is 64.9 cm³/mol. The van der Waals surface area contributed by atoms with Gasteiger partial charge in [0.15, 0.2) is 0 Å². The third-order valence-electron chi connectivity index (χ3n) is 2.43. The van der Waals surface area contributed by atoms with Crippen molar-refractivity contribution in [3.63, 3.8) is 0 Å². The van der Waals surface area contributed by atoms with Crippen LogP contribution in [0, 0.1) is 10.1 Å². The highest BCUT2D eigenvalue weighted by molar-refractivity contribution is 5.81. The molecule has 0 bridgehead atoms. The van der Waals surface area contributed by atoms with Crippen molar-refractivity contribution in [2.45, 2.75) is 6.92 Å². The topological polar surface area (TPSA) is 75.5 Å². The Hall–Kier alpha value is -2.11. The molecule has 1 rings (SSSR count). The molecular weight excluding hydrogens is 222 g/mol. The average Bonchev–Trinajstić information content (AvgIpc) is 2.35. The summed E-state index contributed by atoms with van der Waals surface area (Å²) in [7, 11) is 1.68. The van der Waals surface area contributed by atoms with Crippen molar-refractivity contribution < 1.29 is 9.72 Å². The van der Waals surface area contributed by atoms with Crippen molar-refractivity contribution in [1.82, 2.24) is 4.90 Å². The third-order valence-corrected chi connectivity index (χ3v) is 2.43. The Morgan fingerprint density at radius 3 is 2.71 bits per heavy atom. The van der Waals surface area contributed by atoms with Gasteiger partial charge in [0.1, 0.15) is 5.69 Å². The molecule has 0 saturated carbocycles. The number of rotatable bonds is 5. The summed E-state index contributed by atoms with van der Waals surface area (Å²) in [6.07, 6.45) is 0. The maximum atomic E-state index is 11.5. The average molecular weight is 237 g/mol. The van der Waals surface area contributed by atoms with Crippen LogP contribution < -0.4 is 5.32 Å². The van der Waals surface area contributed by atoms with Crippen molar-refractivity contribution in [2.24, 2.45) is 0 Å². The molecule has 1 aromatic carbocycles. The summed E-state index contributed by atoms with van der Waals surface area (Å²) < 4.78 is 0. The van der Waals surface area contributed by atoms with E-state index in [1.54, 1.807) is 30.1 Å². The minimum Gasteiger partial charge on any atom is -0.371 e. The molecule has 0 aliphatic heterocycles. The summed E-state index contributed by atoms with van der Waals surface area (Å²) in [5.74, 6) is -0.106. The number of anilines is 1. The highest BCUT2D eigenvalue weighted by atomic mass is 16.6. The summed E-state index contributed by atoms with van der Waals surface area (Å²) in [4.78, 5) is 23.3. The lowest BCUT2D eigenvalue weighted by molar-refractivity contribution is -0.383. The van der Waals surface area contributed by atoms with Crippen molar-refractivity contribution in [3.8, 4) is 0 Å². The van der Waals surface area contributed by atoms with Crippen molar-refractivity contribution in [1.29, 1.82) is 0 Å². The molecule has 0 aliphatic carbocycles. The lowest BCUT2D eigenvalue weighted by atomic mass is 10.2. The largest absolute Gasteiger partial charge is 0.371 e. The molecule has 0 spiro atoms. The number of benzene rings is 1. The second-order valence-electron chi connectivity index (χ2n) is 3.54. The molecular formula is C11H15N3O3. The molecule has 0 fully saturated rings. The molecule has 1 amide bonds. The number of amides is 1. The molecule has 0 heterocycles. The van der Waals surface area contributed by atoms with Crippen LogP contribution in [-0.2, 0) is 4.79 Å². The fraction of sp³-hybridized carbons (Fsp3) is 0.364. The summed E-state index contributed by atoms with van der Waals surface area (Å²) in [6, 6.07) is 6.25. The SMILES string of the molecule is CCN(C)C(=O)CNc1ccccc1[N+](=O)[O-]. The van der Waals surface area contributed by atoms with Crippen molar-refractivity contribution in [2.75, 3.05) is 25.5 Å². The van der Waals surface area contributed by atoms with Crippen LogP contribution in [0.15, 0.2) is 24.3 Å². The van der Waals surface area contributed by atoms with Crippen LogP contribution in [-0.4, -0.2) is 35.9 Å². The van der Waals surface area contributed by atoms with Crippen molar-refractivity contribution in [3.05, 3.63) is 34.4 Å². The number of hydrogen-bond donors (Lipinski definition) is 1. The van der Waals surface area contributed by atoms with E-state index in [0.717, 1.165) is 0 Å². The van der Waals surface area contributed by atoms with Gasteiger partial charge in [-0.2, -0.15) is 0 Å². The lowest BCUT2D eigenvalue weighted by Gasteiger charge is -2.15. The number of nitrogens with zero attached hydrogens (tertiary/aromatic N) is 2. The Balaban J connectivity index is 2.69. The van der Waals surface area contributed by atoms with Gasteiger partial charge >= 0.3 is 0 Å². The fourth-order valence-corrected chi connectivity index (χ4v) is 1.26. The zero-order chi connectivity index (χ0) is 12.8. The van der Waals surface area contributed by atoms with E-state index < -0.39 is 4.92 Å². The maximum absolute atomic E-state index is 11.5. The van der Waals surface area contributed by atoms with Gasteiger partial charge in [-0.3, -0.25) is 14.9 Å². The Kier molecular flexibility index (Phi) is 4.45. The molecule has 17 heavy (non-hydrogen) atoms. The number of carbonyl (C=O) groups is 1. The quantitative estimate of drug-likeness (QED) is 0.621. The van der Waals surface area contributed by atoms with E-state index in [2.05, 4.69) is 5.32 Å². The summed E-state index contributed by atoms with van der Waals surface area (Å²) in [5.41, 5.74) is 0.329. The number of carbonyl (C=O) groups excluding carboxylic acids is 1. The minimum atomic E-state index is -0.476. The normalized spacial score (nSPS) is 9.76. The summed E-state index contributed by atoms with van der Waals surface area (Å²) in [6.45, 7) is 2.52. The maximum Gasteiger partial charge on any atom is 0.292 e. The van der Waals surface area contributed by atoms with E-state index in [0.29, 0.717) is 12.2 Å². The zero-order valence-electron chi connectivity index (χ0n) is 9.84. The van der Waals surface area contributed by atoms with Crippen molar-refractivity contribution >= 4 is 17.3 Å². The highest BCUT2D eigenvalue weighted by Gasteiger charge is 2.13. The van der Waals surface area contributed by atoms with Gasteiger partial charge in [0, 0.05) is 19.7 Å². The zero-order valence-corrected chi connectivity index (χ0v) is 9.84. The van der Waals surface area contributed by atoms with Crippen LogP contribution in [0.5, 0.6) is 0 Å². The Morgan fingerprint density at radius 1 is 1.47 bits per heavy atom. The number of nitro groups is 1. The standard InChI is InChI=1S/C11H15N3O3/c1-3-13(2)11(15)8-12-9-6-4-5-7-10(9)14(16)17/h4-7,12H,3,8H2,1-2H3. The molecule has 0 radical (unpaired) electrons. The van der Waals surface area contributed by atoms with Crippen LogP contribution in [0.25, 0.3) is 0 Å². The van der Waals surface area contributed by atoms with E-state index in [1.807, 2.05) is 6.92 Å². The van der Waals surface area contributed by atoms with Crippen LogP contribution >= 0.6 is 0 Å². The first kappa shape index (κ1) is 13.0. The second kappa shape index (κ2) is 5.83. The van der Waals surface area contributed by atoms with E-state index in [-0.39, 0.29) is 18.1 Å². The van der Waals surface area contributed by atoms with Crippen LogP contribution in [0.3, 0.4) is 0 Å². The van der Waals surface area contributed by atoms with Gasteiger partial charge in [-0.15, -0.1) is 0 Å². The van der Waals surface area contributed by atoms with Gasteiger partial charge < -0.3 is 10.2 Å². The van der Waals surface area contributed by atoms with Gasteiger partial charge in [-0.05, 0) is 13.0 Å². The number of para-hydroxylation sites is 2. The van der Waals surface area contributed by atoms with E-state index in [4.69, 9.17) is 0 Å². The molecule has 1 N–H and O–H groups in total. The monoisotopic (exact) mass is 237 g/mol. The third kappa shape index (κ3) is 3.44. The van der Waals surface area contributed by atoms with Gasteiger partial charge in [-0.25, -0.2) is 0 Å². The first-order chi connectivity index (χ1) is 8.06. The smallest absolute Gasteiger partial charge is 0.292 e. The van der Waals surface area contributed by atoms with Gasteiger partial charge in [0.05, 0.1) is 11.5 Å². The molecule has 0 unspecified atom stereocenters. The van der Waals surface area contributed by atoms with E-state index in [9.17, 15) is 14.9 Å². The fourth-order valence-electron chi connectivity index (χ4n) is 1.26. The Labute approximate surface area is 99.4 Å². The molecule has 92 valence electrons. The number of nitrogens with one attached hydrogen (secondary N) is 1. The van der Waals surface area contributed by atoms with Crippen LogP contribution in [0.4, 0.5) is 11.4 Å². The minimum absolute atomic E-state index is 0.0283. The molecule has 1 aromatic rings. The summed E-state index contributed by atoms with van der Waals surface area (Å²) in [5, 5.41) is 13.5. The Morgan fingerprint density at radius 2 is 2.12 bits per heavy atom. The lowest BCUT2D eigenvalue weighted by Crippen LogP contribution is -2.31. The Bertz CT molecular complexity index is 420. The predicted octanol–water partition coefficient (Wildman–Crippen LogP) is 1.48. The highest BCUT2D eigenvalue weighted by Crippen LogP contribution is 2.22. The molecule has 0 aromatic heterocycles. The molecule has 6 heteroatoms. The van der Waals surface area contributed by atoms with Crippen LogP contribution in [0.1, 0.15) is 6.92 Å². The number of likely N-dealkylation sites (N-methyl/N-ethyl adjacent to an activating group) is 1. The van der Waals surface area contributed by atoms with E-state index in [1.165, 1.54) is 6.07 Å². The molecule has 0 atom stereocenters. The molecule has 0 aliphatic rings. The first-order valence-electron chi connectivity index (χ1n) is 5.27. The van der Waals surface area contributed by atoms with Gasteiger partial charge in [0.25, 0.3) is 5.69 Å². The number of hydrogen-bond acceptors (Lipinski definition) is 4. The number of nitro benzene ring substituents is 1.